The molecular weight excluding hydrogens is 298 g/mol. The van der Waals surface area contributed by atoms with E-state index in [2.05, 4.69) is 10.3 Å². The Balaban J connectivity index is 2.05. The van der Waals surface area contributed by atoms with Gasteiger partial charge in [-0.3, -0.25) is 4.79 Å². The molecule has 0 amide bonds. The van der Waals surface area contributed by atoms with Gasteiger partial charge in [-0.15, -0.1) is 11.3 Å². The van der Waals surface area contributed by atoms with Gasteiger partial charge in [-0.25, -0.2) is 13.8 Å². The third-order valence-electron chi connectivity index (χ3n) is 2.95. The number of aromatic nitrogens is 1. The Labute approximate surface area is 124 Å². The average molecular weight is 312 g/mol. The Kier molecular flexibility index (Phi) is 4.98. The molecule has 2 aromatic rings. The van der Waals surface area contributed by atoms with Crippen LogP contribution in [0.25, 0.3) is 0 Å². The number of carboxylic acids is 1. The SMILES string of the molecule is Cc1nc(CNCC(C(=O)O)c2cc(F)ccc2F)cs1. The number of benzene rings is 1. The number of thiazole rings is 1. The summed E-state index contributed by atoms with van der Waals surface area (Å²) in [5, 5.41) is 14.9. The quantitative estimate of drug-likeness (QED) is 0.861. The summed E-state index contributed by atoms with van der Waals surface area (Å²) in [6, 6.07) is 2.82. The van der Waals surface area contributed by atoms with Crippen LogP contribution in [0.5, 0.6) is 0 Å². The third kappa shape index (κ3) is 4.05. The van der Waals surface area contributed by atoms with E-state index in [0.29, 0.717) is 6.54 Å². The highest BCUT2D eigenvalue weighted by Gasteiger charge is 2.23. The summed E-state index contributed by atoms with van der Waals surface area (Å²) >= 11 is 1.49. The number of halogens is 2. The summed E-state index contributed by atoms with van der Waals surface area (Å²) in [5.74, 6) is -3.75. The second-order valence-corrected chi connectivity index (χ2v) is 5.61. The normalized spacial score (nSPS) is 12.3. The molecule has 0 saturated carbocycles. The number of aryl methyl sites for hydroxylation is 1. The maximum absolute atomic E-state index is 13.7. The van der Waals surface area contributed by atoms with E-state index in [1.807, 2.05) is 12.3 Å². The largest absolute Gasteiger partial charge is 0.481 e. The number of hydrogen-bond acceptors (Lipinski definition) is 4. The first-order chi connectivity index (χ1) is 9.97. The van der Waals surface area contributed by atoms with Gasteiger partial charge in [-0.05, 0) is 25.1 Å². The van der Waals surface area contributed by atoms with Gasteiger partial charge in [0.2, 0.25) is 0 Å². The van der Waals surface area contributed by atoms with Crippen LogP contribution in [0.2, 0.25) is 0 Å². The molecule has 1 aromatic carbocycles. The van der Waals surface area contributed by atoms with E-state index in [1.165, 1.54) is 11.3 Å². The monoisotopic (exact) mass is 312 g/mol. The number of nitrogens with one attached hydrogen (secondary N) is 1. The van der Waals surface area contributed by atoms with E-state index in [0.717, 1.165) is 28.9 Å². The zero-order valence-electron chi connectivity index (χ0n) is 11.3. The molecule has 0 bridgehead atoms. The van der Waals surface area contributed by atoms with E-state index in [-0.39, 0.29) is 12.1 Å². The van der Waals surface area contributed by atoms with Gasteiger partial charge in [0, 0.05) is 24.0 Å². The standard InChI is InChI=1S/C14H14F2N2O2S/c1-8-18-10(7-21-8)5-17-6-12(14(19)20)11-4-9(15)2-3-13(11)16/h2-4,7,12,17H,5-6H2,1H3,(H,19,20). The van der Waals surface area contributed by atoms with Crippen molar-refractivity contribution in [2.24, 2.45) is 0 Å². The Morgan fingerprint density at radius 3 is 2.86 bits per heavy atom. The fraction of sp³-hybridized carbons (Fsp3) is 0.286. The molecular formula is C14H14F2N2O2S. The highest BCUT2D eigenvalue weighted by atomic mass is 32.1. The summed E-state index contributed by atoms with van der Waals surface area (Å²) in [6.07, 6.45) is 0. The molecule has 1 atom stereocenters. The fourth-order valence-electron chi connectivity index (χ4n) is 1.95. The first kappa shape index (κ1) is 15.5. The molecule has 0 saturated heterocycles. The van der Waals surface area contributed by atoms with Crippen molar-refractivity contribution >= 4 is 17.3 Å². The number of carboxylic acid groups (broad SMARTS) is 1. The molecule has 112 valence electrons. The zero-order valence-corrected chi connectivity index (χ0v) is 12.1. The third-order valence-corrected chi connectivity index (χ3v) is 3.78. The van der Waals surface area contributed by atoms with E-state index in [9.17, 15) is 18.7 Å². The van der Waals surface area contributed by atoms with Gasteiger partial charge < -0.3 is 10.4 Å². The second kappa shape index (κ2) is 6.73. The summed E-state index contributed by atoms with van der Waals surface area (Å²) in [7, 11) is 0. The molecule has 1 unspecified atom stereocenters. The van der Waals surface area contributed by atoms with Crippen molar-refractivity contribution in [1.29, 1.82) is 0 Å². The van der Waals surface area contributed by atoms with E-state index in [1.54, 1.807) is 0 Å². The molecule has 0 aliphatic rings. The van der Waals surface area contributed by atoms with Crippen LogP contribution in [0, 0.1) is 18.6 Å². The minimum absolute atomic E-state index is 0.00766. The molecule has 0 spiro atoms. The maximum Gasteiger partial charge on any atom is 0.312 e. The molecule has 2 rings (SSSR count). The van der Waals surface area contributed by atoms with Crippen molar-refractivity contribution in [2.45, 2.75) is 19.4 Å². The molecule has 0 radical (unpaired) electrons. The van der Waals surface area contributed by atoms with Crippen molar-refractivity contribution in [2.75, 3.05) is 6.54 Å². The maximum atomic E-state index is 13.7. The molecule has 0 aliphatic heterocycles. The predicted molar refractivity (Wildman–Crippen MR) is 75.3 cm³/mol. The molecule has 1 heterocycles. The van der Waals surface area contributed by atoms with Crippen LogP contribution in [-0.2, 0) is 11.3 Å². The van der Waals surface area contributed by atoms with Crippen LogP contribution in [0.4, 0.5) is 8.78 Å². The summed E-state index contributed by atoms with van der Waals surface area (Å²) in [5.41, 5.74) is 0.630. The van der Waals surface area contributed by atoms with Gasteiger partial charge in [-0.1, -0.05) is 0 Å². The summed E-state index contributed by atoms with van der Waals surface area (Å²) in [6.45, 7) is 2.24. The number of rotatable bonds is 6. The number of carbonyl (C=O) groups is 1. The Hall–Kier alpha value is -1.86. The lowest BCUT2D eigenvalue weighted by Gasteiger charge is -2.14. The highest BCUT2D eigenvalue weighted by molar-refractivity contribution is 7.09. The van der Waals surface area contributed by atoms with E-state index in [4.69, 9.17) is 0 Å². The predicted octanol–water partition coefficient (Wildman–Crippen LogP) is 2.69. The minimum Gasteiger partial charge on any atom is -0.481 e. The molecule has 4 nitrogen and oxygen atoms in total. The lowest BCUT2D eigenvalue weighted by molar-refractivity contribution is -0.138. The summed E-state index contributed by atoms with van der Waals surface area (Å²) < 4.78 is 26.8. The molecule has 2 N–H and O–H groups in total. The Morgan fingerprint density at radius 2 is 2.24 bits per heavy atom. The Bertz CT molecular complexity index is 646. The molecule has 1 aromatic heterocycles. The number of hydrogen-bond donors (Lipinski definition) is 2. The fourth-order valence-corrected chi connectivity index (χ4v) is 2.56. The van der Waals surface area contributed by atoms with Crippen LogP contribution in [0.3, 0.4) is 0 Å². The molecule has 0 fully saturated rings. The van der Waals surface area contributed by atoms with Crippen LogP contribution >= 0.6 is 11.3 Å². The van der Waals surface area contributed by atoms with Gasteiger partial charge >= 0.3 is 5.97 Å². The number of aliphatic carboxylic acids is 1. The van der Waals surface area contributed by atoms with Gasteiger partial charge in [0.05, 0.1) is 16.6 Å². The number of nitrogens with zero attached hydrogens (tertiary/aromatic N) is 1. The first-order valence-corrected chi connectivity index (χ1v) is 7.15. The molecule has 7 heteroatoms. The topological polar surface area (TPSA) is 62.2 Å². The minimum atomic E-state index is -1.21. The van der Waals surface area contributed by atoms with E-state index >= 15 is 0 Å². The average Bonchev–Trinajstić information content (AvgIpc) is 2.83. The zero-order chi connectivity index (χ0) is 15.4. The van der Waals surface area contributed by atoms with Crippen molar-refractivity contribution in [3.05, 3.63) is 51.5 Å². The Morgan fingerprint density at radius 1 is 1.48 bits per heavy atom. The lowest BCUT2D eigenvalue weighted by Crippen LogP contribution is -2.27. The highest BCUT2D eigenvalue weighted by Crippen LogP contribution is 2.20. The van der Waals surface area contributed by atoms with Gasteiger partial charge in [0.1, 0.15) is 11.6 Å². The molecule has 21 heavy (non-hydrogen) atoms. The smallest absolute Gasteiger partial charge is 0.312 e. The second-order valence-electron chi connectivity index (χ2n) is 4.55. The van der Waals surface area contributed by atoms with E-state index < -0.39 is 23.5 Å². The van der Waals surface area contributed by atoms with Crippen LogP contribution in [-0.4, -0.2) is 22.6 Å². The van der Waals surface area contributed by atoms with Crippen LogP contribution < -0.4 is 5.32 Å². The van der Waals surface area contributed by atoms with Crippen molar-refractivity contribution < 1.29 is 18.7 Å². The van der Waals surface area contributed by atoms with Crippen LogP contribution in [0.1, 0.15) is 22.2 Å². The van der Waals surface area contributed by atoms with Crippen molar-refractivity contribution in [1.82, 2.24) is 10.3 Å². The first-order valence-electron chi connectivity index (χ1n) is 6.27. The van der Waals surface area contributed by atoms with Gasteiger partial charge in [0.25, 0.3) is 0 Å². The molecule has 0 aliphatic carbocycles. The van der Waals surface area contributed by atoms with Gasteiger partial charge in [-0.2, -0.15) is 0 Å². The van der Waals surface area contributed by atoms with Crippen molar-refractivity contribution in [3.8, 4) is 0 Å². The van der Waals surface area contributed by atoms with Crippen molar-refractivity contribution in [3.63, 3.8) is 0 Å². The summed E-state index contributed by atoms with van der Waals surface area (Å²) in [4.78, 5) is 15.5. The lowest BCUT2D eigenvalue weighted by atomic mass is 9.98. The van der Waals surface area contributed by atoms with Crippen LogP contribution in [0.15, 0.2) is 23.6 Å². The van der Waals surface area contributed by atoms with Gasteiger partial charge in [0.15, 0.2) is 0 Å².